The number of benzene rings is 1. The van der Waals surface area contributed by atoms with Crippen LogP contribution >= 0.6 is 0 Å². The first-order chi connectivity index (χ1) is 7.29. The molecule has 0 fully saturated rings. The van der Waals surface area contributed by atoms with Crippen molar-refractivity contribution < 1.29 is 17.7 Å². The van der Waals surface area contributed by atoms with E-state index in [4.69, 9.17) is 0 Å². The van der Waals surface area contributed by atoms with Gasteiger partial charge in [0.25, 0.3) is 0 Å². The molecule has 1 rings (SSSR count). The molecule has 0 amide bonds. The molecule has 1 aromatic carbocycles. The fourth-order valence-electron chi connectivity index (χ4n) is 1.58. The standard InChI is InChI=1S/C11H13F3OS/c1-5(2)7-8(12)6(3)9(13)10(14)11(7)16(4)15/h5H,1-4H3. The van der Waals surface area contributed by atoms with Gasteiger partial charge in [-0.2, -0.15) is 4.39 Å². The van der Waals surface area contributed by atoms with Crippen LogP contribution in [0.2, 0.25) is 0 Å². The molecule has 5 heteroatoms. The topological polar surface area (TPSA) is 23.1 Å². The third-order valence-electron chi connectivity index (χ3n) is 2.40. The number of hydrogen-bond donors (Lipinski definition) is 0. The second-order valence-corrected chi connectivity index (χ2v) is 5.24. The molecule has 0 heterocycles. The molecule has 0 aromatic heterocycles. The molecule has 0 saturated carbocycles. The largest absolute Gasteiger partial charge is 0.612 e. The van der Waals surface area contributed by atoms with Gasteiger partial charge in [0.15, 0.2) is 10.7 Å². The molecule has 0 aliphatic heterocycles. The lowest BCUT2D eigenvalue weighted by molar-refractivity contribution is 0.452. The lowest BCUT2D eigenvalue weighted by Gasteiger charge is -2.16. The average molecular weight is 250 g/mol. The molecular weight excluding hydrogens is 237 g/mol. The maximum atomic E-state index is 13.8. The van der Waals surface area contributed by atoms with Gasteiger partial charge >= 0.3 is 0 Å². The van der Waals surface area contributed by atoms with Crippen LogP contribution in [0.1, 0.15) is 30.9 Å². The first-order valence-corrected chi connectivity index (χ1v) is 6.35. The summed E-state index contributed by atoms with van der Waals surface area (Å²) in [6.45, 7) is 4.46. The van der Waals surface area contributed by atoms with Crippen molar-refractivity contribution >= 4 is 11.2 Å². The van der Waals surface area contributed by atoms with Crippen LogP contribution in [0.3, 0.4) is 0 Å². The molecule has 0 spiro atoms. The summed E-state index contributed by atoms with van der Waals surface area (Å²) in [7, 11) is 0. The fourth-order valence-corrected chi connectivity index (χ4v) is 2.55. The minimum Gasteiger partial charge on any atom is -0.612 e. The van der Waals surface area contributed by atoms with Gasteiger partial charge in [0, 0.05) is 11.1 Å². The van der Waals surface area contributed by atoms with Gasteiger partial charge in [0.2, 0.25) is 5.82 Å². The zero-order chi connectivity index (χ0) is 12.6. The SMILES string of the molecule is Cc1c(F)c(F)c([S+](C)[O-])c(C(C)C)c1F. The Morgan fingerprint density at radius 3 is 1.94 bits per heavy atom. The van der Waals surface area contributed by atoms with Gasteiger partial charge in [-0.15, -0.1) is 0 Å². The minimum absolute atomic E-state index is 0.00256. The smallest absolute Gasteiger partial charge is 0.214 e. The van der Waals surface area contributed by atoms with Crippen molar-refractivity contribution in [2.24, 2.45) is 0 Å². The van der Waals surface area contributed by atoms with Gasteiger partial charge in [0.1, 0.15) is 12.1 Å². The van der Waals surface area contributed by atoms with E-state index in [9.17, 15) is 17.7 Å². The average Bonchev–Trinajstić information content (AvgIpc) is 2.18. The van der Waals surface area contributed by atoms with Crippen molar-refractivity contribution in [3.63, 3.8) is 0 Å². The third-order valence-corrected chi connectivity index (χ3v) is 3.37. The van der Waals surface area contributed by atoms with Crippen molar-refractivity contribution in [3.8, 4) is 0 Å². The summed E-state index contributed by atoms with van der Waals surface area (Å²) >= 11 is -1.76. The number of hydrogen-bond acceptors (Lipinski definition) is 1. The molecule has 90 valence electrons. The molecule has 0 radical (unpaired) electrons. The summed E-state index contributed by atoms with van der Waals surface area (Å²) in [5, 5.41) is 0. The summed E-state index contributed by atoms with van der Waals surface area (Å²) < 4.78 is 52.0. The van der Waals surface area contributed by atoms with Crippen LogP contribution in [0.15, 0.2) is 4.90 Å². The van der Waals surface area contributed by atoms with E-state index in [0.717, 1.165) is 0 Å². The van der Waals surface area contributed by atoms with E-state index in [2.05, 4.69) is 0 Å². The highest BCUT2D eigenvalue weighted by atomic mass is 32.2. The van der Waals surface area contributed by atoms with Gasteiger partial charge in [0.05, 0.1) is 0 Å². The first kappa shape index (κ1) is 13.4. The monoisotopic (exact) mass is 250 g/mol. The van der Waals surface area contributed by atoms with Crippen LogP contribution in [-0.4, -0.2) is 10.8 Å². The zero-order valence-electron chi connectivity index (χ0n) is 9.53. The zero-order valence-corrected chi connectivity index (χ0v) is 10.3. The summed E-state index contributed by atoms with van der Waals surface area (Å²) in [6, 6.07) is 0. The predicted octanol–water partition coefficient (Wildman–Crippen LogP) is 3.27. The van der Waals surface area contributed by atoms with Gasteiger partial charge in [-0.1, -0.05) is 13.8 Å². The highest BCUT2D eigenvalue weighted by molar-refractivity contribution is 7.90. The van der Waals surface area contributed by atoms with Crippen molar-refractivity contribution in [3.05, 3.63) is 28.6 Å². The van der Waals surface area contributed by atoms with Gasteiger partial charge in [-0.05, 0) is 24.0 Å². The second-order valence-electron chi connectivity index (χ2n) is 3.92. The van der Waals surface area contributed by atoms with Crippen LogP contribution < -0.4 is 0 Å². The molecule has 0 saturated heterocycles. The summed E-state index contributed by atoms with van der Waals surface area (Å²) in [4.78, 5) is -0.365. The van der Waals surface area contributed by atoms with Crippen LogP contribution in [0.4, 0.5) is 13.2 Å². The summed E-state index contributed by atoms with van der Waals surface area (Å²) in [6.07, 6.45) is 1.21. The van der Waals surface area contributed by atoms with Gasteiger partial charge in [-0.25, -0.2) is 8.78 Å². The Morgan fingerprint density at radius 2 is 1.56 bits per heavy atom. The number of halogens is 3. The Bertz CT molecular complexity index is 377. The van der Waals surface area contributed by atoms with Crippen LogP contribution in [0, 0.1) is 24.4 Å². The summed E-state index contributed by atoms with van der Waals surface area (Å²) in [5.41, 5.74) is -0.368. The Hall–Kier alpha value is -0.680. The van der Waals surface area contributed by atoms with E-state index < -0.39 is 28.6 Å². The number of rotatable bonds is 2. The second kappa shape index (κ2) is 4.67. The predicted molar refractivity (Wildman–Crippen MR) is 57.5 cm³/mol. The van der Waals surface area contributed by atoms with Crippen LogP contribution in [-0.2, 0) is 11.2 Å². The summed E-state index contributed by atoms with van der Waals surface area (Å²) in [5.74, 6) is -3.62. The highest BCUT2D eigenvalue weighted by Gasteiger charge is 2.29. The molecule has 16 heavy (non-hydrogen) atoms. The van der Waals surface area contributed by atoms with E-state index in [1.807, 2.05) is 0 Å². The quantitative estimate of drug-likeness (QED) is 0.583. The van der Waals surface area contributed by atoms with Gasteiger partial charge < -0.3 is 4.55 Å². The molecular formula is C11H13F3OS. The maximum Gasteiger partial charge on any atom is 0.214 e. The lowest BCUT2D eigenvalue weighted by Crippen LogP contribution is -2.13. The van der Waals surface area contributed by atoms with Crippen molar-refractivity contribution in [2.75, 3.05) is 6.26 Å². The molecule has 0 bridgehead atoms. The Kier molecular flexibility index (Phi) is 3.91. The van der Waals surface area contributed by atoms with Crippen LogP contribution in [0.5, 0.6) is 0 Å². The van der Waals surface area contributed by atoms with E-state index in [1.165, 1.54) is 13.2 Å². The maximum absolute atomic E-state index is 13.8. The molecule has 1 aromatic rings. The van der Waals surface area contributed by atoms with Crippen LogP contribution in [0.25, 0.3) is 0 Å². The Balaban J connectivity index is 3.69. The van der Waals surface area contributed by atoms with Gasteiger partial charge in [-0.3, -0.25) is 0 Å². The molecule has 0 aliphatic carbocycles. The molecule has 1 unspecified atom stereocenters. The van der Waals surface area contributed by atoms with Crippen molar-refractivity contribution in [2.45, 2.75) is 31.6 Å². The van der Waals surface area contributed by atoms with E-state index in [0.29, 0.717) is 0 Å². The first-order valence-electron chi connectivity index (χ1n) is 4.79. The van der Waals surface area contributed by atoms with E-state index in [-0.39, 0.29) is 21.9 Å². The Labute approximate surface area is 95.8 Å². The minimum atomic E-state index is -1.76. The molecule has 0 aliphatic rings. The van der Waals surface area contributed by atoms with Crippen molar-refractivity contribution in [1.29, 1.82) is 0 Å². The third kappa shape index (κ3) is 2.06. The lowest BCUT2D eigenvalue weighted by atomic mass is 9.99. The van der Waals surface area contributed by atoms with E-state index in [1.54, 1.807) is 13.8 Å². The highest BCUT2D eigenvalue weighted by Crippen LogP contribution is 2.32. The molecule has 1 nitrogen and oxygen atoms in total. The molecule has 1 atom stereocenters. The Morgan fingerprint density at radius 1 is 1.06 bits per heavy atom. The normalized spacial score (nSPS) is 13.3. The van der Waals surface area contributed by atoms with E-state index >= 15 is 0 Å². The molecule has 0 N–H and O–H groups in total. The van der Waals surface area contributed by atoms with Crippen molar-refractivity contribution in [1.82, 2.24) is 0 Å². The fraction of sp³-hybridized carbons (Fsp3) is 0.455.